The number of fused-ring (bicyclic) bond motifs is 1. The number of piperazine rings is 1. The summed E-state index contributed by atoms with van der Waals surface area (Å²) in [5, 5.41) is 6.08. The van der Waals surface area contributed by atoms with Gasteiger partial charge in [-0.25, -0.2) is 19.2 Å². The Morgan fingerprint density at radius 3 is 2.46 bits per heavy atom. The van der Waals surface area contributed by atoms with Crippen LogP contribution in [0.1, 0.15) is 43.7 Å². The number of urea groups is 1. The van der Waals surface area contributed by atoms with Crippen LogP contribution in [0.25, 0.3) is 0 Å². The van der Waals surface area contributed by atoms with Crippen LogP contribution in [-0.4, -0.2) is 76.6 Å². The number of hydrogen-bond acceptors (Lipinski definition) is 4. The molecule has 2 saturated heterocycles. The van der Waals surface area contributed by atoms with Crippen LogP contribution in [0.2, 0.25) is 0 Å². The van der Waals surface area contributed by atoms with E-state index in [1.165, 1.54) is 17.7 Å². The van der Waals surface area contributed by atoms with Crippen LogP contribution in [-0.2, 0) is 22.6 Å². The highest BCUT2D eigenvalue weighted by atomic mass is 19.1. The zero-order valence-corrected chi connectivity index (χ0v) is 21.6. The molecule has 0 aliphatic carbocycles. The standard InChI is InChI=1S/C28H36FN5O3/c1-3-4-12-24-27(36)32(17-8-11-21-9-6-5-7-10-21)19-25-33(24)26(35)20-31(2)34(25)28(37)30-18-22-13-15-23(29)16-14-22/h5-7,9-10,13-16,24-25H,3-4,8,11-12,17-20H2,1-2H3,(H,30,37)/t24-,25-/m0/s1. The van der Waals surface area contributed by atoms with Crippen LogP contribution in [0.15, 0.2) is 54.6 Å². The van der Waals surface area contributed by atoms with Gasteiger partial charge in [0.1, 0.15) is 18.0 Å². The van der Waals surface area contributed by atoms with E-state index < -0.39 is 12.2 Å². The Balaban J connectivity index is 1.51. The second-order valence-corrected chi connectivity index (χ2v) is 9.76. The lowest BCUT2D eigenvalue weighted by Gasteiger charge is -2.54. The number of aryl methyl sites for hydroxylation is 1. The van der Waals surface area contributed by atoms with Crippen molar-refractivity contribution in [3.05, 3.63) is 71.5 Å². The molecule has 0 aromatic heterocycles. The second kappa shape index (κ2) is 12.2. The number of unbranched alkanes of at least 4 members (excludes halogenated alkanes) is 1. The molecule has 0 saturated carbocycles. The van der Waals surface area contributed by atoms with E-state index in [9.17, 15) is 18.8 Å². The van der Waals surface area contributed by atoms with E-state index in [1.54, 1.807) is 34.1 Å². The number of halogens is 1. The van der Waals surface area contributed by atoms with Crippen LogP contribution < -0.4 is 5.32 Å². The molecule has 4 amide bonds. The van der Waals surface area contributed by atoms with Crippen molar-refractivity contribution in [1.82, 2.24) is 25.1 Å². The van der Waals surface area contributed by atoms with Crippen molar-refractivity contribution in [2.24, 2.45) is 0 Å². The van der Waals surface area contributed by atoms with E-state index in [-0.39, 0.29) is 43.3 Å². The lowest BCUT2D eigenvalue weighted by atomic mass is 10.0. The smallest absolute Gasteiger partial charge is 0.334 e. The van der Waals surface area contributed by atoms with Crippen molar-refractivity contribution in [3.8, 4) is 0 Å². The van der Waals surface area contributed by atoms with Crippen molar-refractivity contribution < 1.29 is 18.8 Å². The fraction of sp³-hybridized carbons (Fsp3) is 0.464. The van der Waals surface area contributed by atoms with Gasteiger partial charge >= 0.3 is 6.03 Å². The normalized spacial score (nSPS) is 20.2. The number of hydrogen-bond donors (Lipinski definition) is 1. The molecule has 4 rings (SSSR count). The molecule has 37 heavy (non-hydrogen) atoms. The van der Waals surface area contributed by atoms with Crippen LogP contribution in [0.4, 0.5) is 9.18 Å². The fourth-order valence-electron chi connectivity index (χ4n) is 5.16. The SMILES string of the molecule is CCCC[C@H]1C(=O)N(CCCc2ccccc2)C[C@H]2N1C(=O)CN(C)N2C(=O)NCc1ccc(F)cc1. The Kier molecular flexibility index (Phi) is 8.76. The van der Waals surface area contributed by atoms with E-state index in [1.807, 2.05) is 23.1 Å². The Hall–Kier alpha value is -3.46. The van der Waals surface area contributed by atoms with E-state index in [4.69, 9.17) is 0 Å². The van der Waals surface area contributed by atoms with Gasteiger partial charge in [-0.1, -0.05) is 62.2 Å². The topological polar surface area (TPSA) is 76.2 Å². The highest BCUT2D eigenvalue weighted by molar-refractivity contribution is 5.91. The number of rotatable bonds is 9. The highest BCUT2D eigenvalue weighted by Crippen LogP contribution is 2.28. The van der Waals surface area contributed by atoms with Gasteiger partial charge in [-0.3, -0.25) is 9.59 Å². The molecule has 2 atom stereocenters. The Morgan fingerprint density at radius 1 is 1.03 bits per heavy atom. The molecule has 0 spiro atoms. The summed E-state index contributed by atoms with van der Waals surface area (Å²) >= 11 is 0. The fourth-order valence-corrected chi connectivity index (χ4v) is 5.16. The zero-order chi connectivity index (χ0) is 26.4. The van der Waals surface area contributed by atoms with Crippen LogP contribution >= 0.6 is 0 Å². The van der Waals surface area contributed by atoms with Gasteiger partial charge in [-0.2, -0.15) is 0 Å². The van der Waals surface area contributed by atoms with Crippen molar-refractivity contribution in [2.75, 3.05) is 26.7 Å². The minimum Gasteiger partial charge on any atom is -0.337 e. The molecule has 1 N–H and O–H groups in total. The molecule has 198 valence electrons. The van der Waals surface area contributed by atoms with Gasteiger partial charge < -0.3 is 15.1 Å². The predicted molar refractivity (Wildman–Crippen MR) is 138 cm³/mol. The molecular weight excluding hydrogens is 473 g/mol. The number of carbonyl (C=O) groups excluding carboxylic acids is 3. The Labute approximate surface area is 218 Å². The minimum atomic E-state index is -0.587. The van der Waals surface area contributed by atoms with Crippen molar-refractivity contribution in [2.45, 2.75) is 57.8 Å². The monoisotopic (exact) mass is 509 g/mol. The molecular formula is C28H36FN5O3. The predicted octanol–water partition coefficient (Wildman–Crippen LogP) is 3.39. The molecule has 0 bridgehead atoms. The molecule has 2 aliphatic rings. The van der Waals surface area contributed by atoms with Gasteiger partial charge in [0, 0.05) is 20.1 Å². The molecule has 2 aromatic rings. The molecule has 2 aromatic carbocycles. The molecule has 2 aliphatic heterocycles. The van der Waals surface area contributed by atoms with Crippen LogP contribution in [0.3, 0.4) is 0 Å². The summed E-state index contributed by atoms with van der Waals surface area (Å²) in [7, 11) is 1.71. The number of amides is 4. The summed E-state index contributed by atoms with van der Waals surface area (Å²) in [4.78, 5) is 43.5. The van der Waals surface area contributed by atoms with Crippen LogP contribution in [0.5, 0.6) is 0 Å². The quantitative estimate of drug-likeness (QED) is 0.562. The summed E-state index contributed by atoms with van der Waals surface area (Å²) < 4.78 is 13.3. The van der Waals surface area contributed by atoms with Gasteiger partial charge in [0.25, 0.3) is 0 Å². The lowest BCUT2D eigenvalue weighted by molar-refractivity contribution is -0.187. The molecule has 2 fully saturated rings. The summed E-state index contributed by atoms with van der Waals surface area (Å²) in [6, 6.07) is 15.2. The molecule has 0 unspecified atom stereocenters. The first-order valence-corrected chi connectivity index (χ1v) is 13.1. The second-order valence-electron chi connectivity index (χ2n) is 9.76. The summed E-state index contributed by atoms with van der Waals surface area (Å²) in [5.74, 6) is -0.520. The lowest BCUT2D eigenvalue weighted by Crippen LogP contribution is -2.76. The van der Waals surface area contributed by atoms with Crippen molar-refractivity contribution in [3.63, 3.8) is 0 Å². The van der Waals surface area contributed by atoms with Crippen molar-refractivity contribution in [1.29, 1.82) is 0 Å². The first-order chi connectivity index (χ1) is 17.9. The average Bonchev–Trinajstić information content (AvgIpc) is 2.89. The largest absolute Gasteiger partial charge is 0.337 e. The molecule has 8 nitrogen and oxygen atoms in total. The molecule has 0 radical (unpaired) electrons. The maximum Gasteiger partial charge on any atom is 0.334 e. The average molecular weight is 510 g/mol. The van der Waals surface area contributed by atoms with Gasteiger partial charge in [0.05, 0.1) is 13.1 Å². The summed E-state index contributed by atoms with van der Waals surface area (Å²) in [6.45, 7) is 3.12. The van der Waals surface area contributed by atoms with E-state index >= 15 is 0 Å². The Bertz CT molecular complexity index is 1080. The third kappa shape index (κ3) is 6.28. The van der Waals surface area contributed by atoms with E-state index in [2.05, 4.69) is 24.4 Å². The van der Waals surface area contributed by atoms with Gasteiger partial charge in [0.2, 0.25) is 11.8 Å². The zero-order valence-electron chi connectivity index (χ0n) is 21.6. The van der Waals surface area contributed by atoms with Crippen LogP contribution in [0, 0.1) is 5.82 Å². The van der Waals surface area contributed by atoms with Gasteiger partial charge in [0.15, 0.2) is 0 Å². The number of nitrogens with one attached hydrogen (secondary N) is 1. The van der Waals surface area contributed by atoms with E-state index in [0.717, 1.165) is 31.2 Å². The van der Waals surface area contributed by atoms with Gasteiger partial charge in [-0.15, -0.1) is 0 Å². The first kappa shape index (κ1) is 26.6. The third-order valence-corrected chi connectivity index (χ3v) is 7.07. The Morgan fingerprint density at radius 2 is 1.76 bits per heavy atom. The van der Waals surface area contributed by atoms with E-state index in [0.29, 0.717) is 13.0 Å². The van der Waals surface area contributed by atoms with Gasteiger partial charge in [-0.05, 0) is 42.5 Å². The first-order valence-electron chi connectivity index (χ1n) is 13.1. The molecule has 9 heteroatoms. The number of likely N-dealkylation sites (N-methyl/N-ethyl adjacent to an activating group) is 1. The minimum absolute atomic E-state index is 0.0182. The molecule has 2 heterocycles. The summed E-state index contributed by atoms with van der Waals surface area (Å²) in [5.41, 5.74) is 1.98. The number of benzene rings is 2. The number of hydrazine groups is 1. The number of carbonyl (C=O) groups is 3. The summed E-state index contributed by atoms with van der Waals surface area (Å²) in [6.07, 6.45) is 3.35. The maximum absolute atomic E-state index is 13.5. The highest BCUT2D eigenvalue weighted by Gasteiger charge is 2.50. The number of nitrogens with zero attached hydrogens (tertiary/aromatic N) is 4. The van der Waals surface area contributed by atoms with Crippen molar-refractivity contribution >= 4 is 17.8 Å². The third-order valence-electron chi connectivity index (χ3n) is 7.07. The maximum atomic E-state index is 13.5.